The van der Waals surface area contributed by atoms with Crippen LogP contribution < -0.4 is 10.1 Å². The SMILES string of the molecule is CNC(CSCC(C)C)Cc1ccccc1OC. The lowest BCUT2D eigenvalue weighted by Crippen LogP contribution is -2.30. The minimum atomic E-state index is 0.505. The molecule has 1 unspecified atom stereocenters. The summed E-state index contributed by atoms with van der Waals surface area (Å²) in [6, 6.07) is 8.78. The lowest BCUT2D eigenvalue weighted by molar-refractivity contribution is 0.407. The molecule has 102 valence electrons. The van der Waals surface area contributed by atoms with Crippen LogP contribution in [0.2, 0.25) is 0 Å². The van der Waals surface area contributed by atoms with Gasteiger partial charge in [-0.05, 0) is 36.8 Å². The van der Waals surface area contributed by atoms with E-state index >= 15 is 0 Å². The molecular formula is C15H25NOS. The fourth-order valence-electron chi connectivity index (χ4n) is 1.83. The molecule has 0 radical (unpaired) electrons. The summed E-state index contributed by atoms with van der Waals surface area (Å²) in [5, 5.41) is 3.40. The van der Waals surface area contributed by atoms with Gasteiger partial charge in [-0.2, -0.15) is 11.8 Å². The van der Waals surface area contributed by atoms with Crippen LogP contribution in [0.25, 0.3) is 0 Å². The maximum Gasteiger partial charge on any atom is 0.122 e. The number of thioether (sulfide) groups is 1. The summed E-state index contributed by atoms with van der Waals surface area (Å²) in [4.78, 5) is 0. The highest BCUT2D eigenvalue weighted by atomic mass is 32.2. The van der Waals surface area contributed by atoms with E-state index < -0.39 is 0 Å². The number of methoxy groups -OCH3 is 1. The van der Waals surface area contributed by atoms with E-state index in [4.69, 9.17) is 4.74 Å². The molecule has 1 aromatic carbocycles. The molecule has 18 heavy (non-hydrogen) atoms. The molecule has 0 bridgehead atoms. The van der Waals surface area contributed by atoms with E-state index in [2.05, 4.69) is 31.3 Å². The minimum absolute atomic E-state index is 0.505. The molecule has 0 spiro atoms. The maximum atomic E-state index is 5.40. The Kier molecular flexibility index (Phi) is 7.21. The lowest BCUT2D eigenvalue weighted by atomic mass is 10.1. The van der Waals surface area contributed by atoms with Crippen molar-refractivity contribution in [2.75, 3.05) is 25.7 Å². The van der Waals surface area contributed by atoms with Crippen molar-refractivity contribution in [1.82, 2.24) is 5.32 Å². The Morgan fingerprint density at radius 1 is 1.22 bits per heavy atom. The highest BCUT2D eigenvalue weighted by Crippen LogP contribution is 2.20. The van der Waals surface area contributed by atoms with Gasteiger partial charge in [0, 0.05) is 11.8 Å². The van der Waals surface area contributed by atoms with Crippen molar-refractivity contribution in [3.8, 4) is 5.75 Å². The molecule has 0 aromatic heterocycles. The molecule has 3 heteroatoms. The third kappa shape index (κ3) is 5.32. The van der Waals surface area contributed by atoms with Crippen molar-refractivity contribution in [2.24, 2.45) is 5.92 Å². The molecular weight excluding hydrogens is 242 g/mol. The summed E-state index contributed by atoms with van der Waals surface area (Å²) >= 11 is 2.02. The fraction of sp³-hybridized carbons (Fsp3) is 0.600. The molecule has 0 saturated heterocycles. The van der Waals surface area contributed by atoms with Gasteiger partial charge in [0.15, 0.2) is 0 Å². The Morgan fingerprint density at radius 3 is 2.56 bits per heavy atom. The number of rotatable bonds is 8. The Labute approximate surface area is 116 Å². The Bertz CT molecular complexity index is 341. The van der Waals surface area contributed by atoms with Gasteiger partial charge in [-0.15, -0.1) is 0 Å². The van der Waals surface area contributed by atoms with E-state index in [0.29, 0.717) is 6.04 Å². The average molecular weight is 267 g/mol. The van der Waals surface area contributed by atoms with E-state index in [1.807, 2.05) is 30.9 Å². The third-order valence-electron chi connectivity index (χ3n) is 2.84. The molecule has 0 amide bonds. The summed E-state index contributed by atoms with van der Waals surface area (Å²) in [5.41, 5.74) is 1.28. The van der Waals surface area contributed by atoms with Gasteiger partial charge in [0.05, 0.1) is 7.11 Å². The highest BCUT2D eigenvalue weighted by molar-refractivity contribution is 7.99. The number of likely N-dealkylation sites (N-methyl/N-ethyl adjacent to an activating group) is 1. The van der Waals surface area contributed by atoms with Crippen molar-refractivity contribution in [1.29, 1.82) is 0 Å². The normalized spacial score (nSPS) is 12.7. The molecule has 2 nitrogen and oxygen atoms in total. The van der Waals surface area contributed by atoms with Crippen molar-refractivity contribution in [2.45, 2.75) is 26.3 Å². The van der Waals surface area contributed by atoms with Crippen LogP contribution in [0.4, 0.5) is 0 Å². The second-order valence-electron chi connectivity index (χ2n) is 4.93. The first-order chi connectivity index (χ1) is 8.67. The second-order valence-corrected chi connectivity index (χ2v) is 6.01. The van der Waals surface area contributed by atoms with Crippen LogP contribution in [-0.2, 0) is 6.42 Å². The van der Waals surface area contributed by atoms with E-state index in [1.54, 1.807) is 7.11 Å². The van der Waals surface area contributed by atoms with Gasteiger partial charge in [-0.1, -0.05) is 32.0 Å². The van der Waals surface area contributed by atoms with Gasteiger partial charge in [0.25, 0.3) is 0 Å². The Balaban J connectivity index is 2.51. The second kappa shape index (κ2) is 8.44. The van der Waals surface area contributed by atoms with E-state index in [1.165, 1.54) is 11.3 Å². The predicted molar refractivity (Wildman–Crippen MR) is 81.7 cm³/mol. The number of nitrogens with one attached hydrogen (secondary N) is 1. The van der Waals surface area contributed by atoms with Gasteiger partial charge in [0.2, 0.25) is 0 Å². The zero-order chi connectivity index (χ0) is 13.4. The summed E-state index contributed by atoms with van der Waals surface area (Å²) in [6.45, 7) is 4.53. The Hall–Kier alpha value is -0.670. The van der Waals surface area contributed by atoms with Gasteiger partial charge in [0.1, 0.15) is 5.75 Å². The molecule has 1 aromatic rings. The molecule has 1 rings (SSSR count). The van der Waals surface area contributed by atoms with E-state index in [-0.39, 0.29) is 0 Å². The Morgan fingerprint density at radius 2 is 1.94 bits per heavy atom. The van der Waals surface area contributed by atoms with Crippen molar-refractivity contribution in [3.63, 3.8) is 0 Å². The molecule has 0 aliphatic heterocycles. The summed E-state index contributed by atoms with van der Waals surface area (Å²) in [7, 11) is 3.77. The molecule has 0 saturated carbocycles. The zero-order valence-electron chi connectivity index (χ0n) is 11.9. The van der Waals surface area contributed by atoms with Crippen molar-refractivity contribution < 1.29 is 4.74 Å². The van der Waals surface area contributed by atoms with Crippen LogP contribution >= 0.6 is 11.8 Å². The summed E-state index contributed by atoms with van der Waals surface area (Å²) in [6.07, 6.45) is 1.02. The molecule has 1 atom stereocenters. The van der Waals surface area contributed by atoms with Crippen LogP contribution in [0.3, 0.4) is 0 Å². The number of benzene rings is 1. The quantitative estimate of drug-likeness (QED) is 0.781. The minimum Gasteiger partial charge on any atom is -0.496 e. The van der Waals surface area contributed by atoms with E-state index in [0.717, 1.165) is 23.8 Å². The molecule has 0 fully saturated rings. The zero-order valence-corrected chi connectivity index (χ0v) is 12.7. The van der Waals surface area contributed by atoms with Crippen LogP contribution in [0.1, 0.15) is 19.4 Å². The van der Waals surface area contributed by atoms with Crippen LogP contribution in [0.5, 0.6) is 5.75 Å². The molecule has 0 aliphatic carbocycles. The number of hydrogen-bond acceptors (Lipinski definition) is 3. The first-order valence-electron chi connectivity index (χ1n) is 6.54. The van der Waals surface area contributed by atoms with Gasteiger partial charge < -0.3 is 10.1 Å². The fourth-order valence-corrected chi connectivity index (χ4v) is 3.00. The summed E-state index contributed by atoms with van der Waals surface area (Å²) in [5.74, 6) is 4.13. The molecule has 1 N–H and O–H groups in total. The first kappa shape index (κ1) is 15.4. The smallest absolute Gasteiger partial charge is 0.122 e. The third-order valence-corrected chi connectivity index (χ3v) is 4.38. The van der Waals surface area contributed by atoms with Crippen LogP contribution in [0, 0.1) is 5.92 Å². The van der Waals surface area contributed by atoms with Crippen molar-refractivity contribution >= 4 is 11.8 Å². The lowest BCUT2D eigenvalue weighted by Gasteiger charge is -2.18. The van der Waals surface area contributed by atoms with Crippen LogP contribution in [-0.4, -0.2) is 31.7 Å². The predicted octanol–water partition coefficient (Wildman–Crippen LogP) is 3.21. The molecule has 0 heterocycles. The standard InChI is InChI=1S/C15H25NOS/c1-12(2)10-18-11-14(16-3)9-13-7-5-6-8-15(13)17-4/h5-8,12,14,16H,9-11H2,1-4H3. The van der Waals surface area contributed by atoms with Crippen molar-refractivity contribution in [3.05, 3.63) is 29.8 Å². The highest BCUT2D eigenvalue weighted by Gasteiger charge is 2.11. The summed E-state index contributed by atoms with van der Waals surface area (Å²) < 4.78 is 5.40. The molecule has 0 aliphatic rings. The number of hydrogen-bond donors (Lipinski definition) is 1. The van der Waals surface area contributed by atoms with Gasteiger partial charge >= 0.3 is 0 Å². The first-order valence-corrected chi connectivity index (χ1v) is 7.69. The monoisotopic (exact) mass is 267 g/mol. The number of ether oxygens (including phenoxy) is 1. The largest absolute Gasteiger partial charge is 0.496 e. The van der Waals surface area contributed by atoms with Gasteiger partial charge in [-0.3, -0.25) is 0 Å². The van der Waals surface area contributed by atoms with Gasteiger partial charge in [-0.25, -0.2) is 0 Å². The maximum absolute atomic E-state index is 5.40. The number of para-hydroxylation sites is 1. The average Bonchev–Trinajstić information content (AvgIpc) is 2.37. The topological polar surface area (TPSA) is 21.3 Å². The van der Waals surface area contributed by atoms with Crippen LogP contribution in [0.15, 0.2) is 24.3 Å². The van der Waals surface area contributed by atoms with E-state index in [9.17, 15) is 0 Å².